The lowest BCUT2D eigenvalue weighted by Gasteiger charge is -2.14. The number of hydrogen-bond acceptors (Lipinski definition) is 4. The van der Waals surface area contributed by atoms with Crippen molar-refractivity contribution in [1.29, 1.82) is 0 Å². The third kappa shape index (κ3) is 3.72. The molecular weight excluding hydrogens is 266 g/mol. The molecule has 0 saturated heterocycles. The number of nitrogens with two attached hydrogens (primary N) is 1. The first-order valence-corrected chi connectivity index (χ1v) is 6.68. The van der Waals surface area contributed by atoms with Crippen molar-refractivity contribution in [1.82, 2.24) is 10.1 Å². The second-order valence-corrected chi connectivity index (χ2v) is 5.00. The highest BCUT2D eigenvalue weighted by molar-refractivity contribution is 5.91. The van der Waals surface area contributed by atoms with Gasteiger partial charge in [0.2, 0.25) is 5.91 Å². The molecule has 0 unspecified atom stereocenters. The summed E-state index contributed by atoms with van der Waals surface area (Å²) in [6.45, 7) is 4.19. The van der Waals surface area contributed by atoms with Crippen LogP contribution >= 0.6 is 0 Å². The Morgan fingerprint density at radius 2 is 2.00 bits per heavy atom. The molecule has 0 saturated carbocycles. The van der Waals surface area contributed by atoms with E-state index < -0.39 is 0 Å². The Kier molecular flexibility index (Phi) is 4.42. The van der Waals surface area contributed by atoms with Crippen LogP contribution in [0.1, 0.15) is 22.6 Å². The minimum atomic E-state index is -0.0770. The first-order chi connectivity index (χ1) is 9.97. The molecule has 110 valence electrons. The van der Waals surface area contributed by atoms with Gasteiger partial charge in [-0.3, -0.25) is 4.79 Å². The van der Waals surface area contributed by atoms with E-state index in [-0.39, 0.29) is 5.91 Å². The van der Waals surface area contributed by atoms with E-state index in [2.05, 4.69) is 5.16 Å². The van der Waals surface area contributed by atoms with Crippen molar-refractivity contribution in [2.45, 2.75) is 20.4 Å². The van der Waals surface area contributed by atoms with Crippen LogP contribution in [0.4, 0.5) is 5.69 Å². The van der Waals surface area contributed by atoms with Crippen molar-refractivity contribution in [3.05, 3.63) is 52.9 Å². The number of anilines is 1. The topological polar surface area (TPSA) is 72.4 Å². The van der Waals surface area contributed by atoms with Crippen LogP contribution in [0, 0.1) is 13.8 Å². The van der Waals surface area contributed by atoms with Crippen molar-refractivity contribution in [3.8, 4) is 0 Å². The molecular formula is C16H19N3O2. The van der Waals surface area contributed by atoms with Gasteiger partial charge in [-0.15, -0.1) is 0 Å². The molecule has 0 aliphatic heterocycles. The molecule has 0 spiro atoms. The lowest BCUT2D eigenvalue weighted by molar-refractivity contribution is -0.125. The zero-order valence-corrected chi connectivity index (χ0v) is 12.5. The molecule has 5 heteroatoms. The van der Waals surface area contributed by atoms with Gasteiger partial charge in [0, 0.05) is 24.4 Å². The monoisotopic (exact) mass is 285 g/mol. The summed E-state index contributed by atoms with van der Waals surface area (Å²) < 4.78 is 5.10. The molecule has 0 bridgehead atoms. The molecule has 21 heavy (non-hydrogen) atoms. The van der Waals surface area contributed by atoms with Crippen molar-refractivity contribution in [3.63, 3.8) is 0 Å². The number of aromatic nitrogens is 1. The fourth-order valence-electron chi connectivity index (χ4n) is 1.94. The Hall–Kier alpha value is -2.56. The van der Waals surface area contributed by atoms with Crippen LogP contribution in [0.25, 0.3) is 6.08 Å². The molecule has 2 rings (SSSR count). The van der Waals surface area contributed by atoms with Gasteiger partial charge in [0.1, 0.15) is 5.76 Å². The van der Waals surface area contributed by atoms with Crippen LogP contribution < -0.4 is 5.73 Å². The lowest BCUT2D eigenvalue weighted by Crippen LogP contribution is -2.24. The maximum atomic E-state index is 12.1. The van der Waals surface area contributed by atoms with E-state index in [0.29, 0.717) is 12.2 Å². The van der Waals surface area contributed by atoms with Crippen molar-refractivity contribution >= 4 is 17.7 Å². The molecule has 1 aromatic heterocycles. The summed E-state index contributed by atoms with van der Waals surface area (Å²) in [6, 6.07) is 7.34. The summed E-state index contributed by atoms with van der Waals surface area (Å²) in [6.07, 6.45) is 3.31. The van der Waals surface area contributed by atoms with Gasteiger partial charge in [0.15, 0.2) is 0 Å². The smallest absolute Gasteiger partial charge is 0.246 e. The van der Waals surface area contributed by atoms with Gasteiger partial charge in [-0.2, -0.15) is 0 Å². The van der Waals surface area contributed by atoms with E-state index in [0.717, 1.165) is 22.6 Å². The fraction of sp³-hybridized carbons (Fsp3) is 0.250. The third-order valence-electron chi connectivity index (χ3n) is 3.31. The molecule has 1 amide bonds. The first kappa shape index (κ1) is 14.8. The summed E-state index contributed by atoms with van der Waals surface area (Å²) in [5.41, 5.74) is 9.02. The zero-order valence-electron chi connectivity index (χ0n) is 12.5. The molecule has 5 nitrogen and oxygen atoms in total. The number of likely N-dealkylation sites (N-methyl/N-ethyl adjacent to an activating group) is 1. The predicted octanol–water partition coefficient (Wildman–Crippen LogP) is 2.55. The van der Waals surface area contributed by atoms with Gasteiger partial charge in [0.25, 0.3) is 0 Å². The number of rotatable bonds is 4. The third-order valence-corrected chi connectivity index (χ3v) is 3.31. The Labute approximate surface area is 124 Å². The number of nitrogen functional groups attached to an aromatic ring is 1. The van der Waals surface area contributed by atoms with Gasteiger partial charge >= 0.3 is 0 Å². The molecule has 2 aromatic rings. The van der Waals surface area contributed by atoms with E-state index in [9.17, 15) is 4.79 Å². The van der Waals surface area contributed by atoms with Crippen molar-refractivity contribution < 1.29 is 9.32 Å². The highest BCUT2D eigenvalue weighted by Gasteiger charge is 2.13. The number of hydrogen-bond donors (Lipinski definition) is 1. The van der Waals surface area contributed by atoms with E-state index in [1.165, 1.54) is 0 Å². The average molecular weight is 285 g/mol. The molecule has 0 fully saturated rings. The Bertz CT molecular complexity index is 637. The normalized spacial score (nSPS) is 11.0. The molecule has 0 radical (unpaired) electrons. The summed E-state index contributed by atoms with van der Waals surface area (Å²) in [5.74, 6) is 0.668. The minimum Gasteiger partial charge on any atom is -0.399 e. The van der Waals surface area contributed by atoms with Gasteiger partial charge in [-0.1, -0.05) is 17.3 Å². The van der Waals surface area contributed by atoms with Crippen LogP contribution in [0.15, 0.2) is 34.9 Å². The van der Waals surface area contributed by atoms with E-state index in [4.69, 9.17) is 10.3 Å². The summed E-state index contributed by atoms with van der Waals surface area (Å²) >= 11 is 0. The number of carbonyl (C=O) groups is 1. The van der Waals surface area contributed by atoms with Crippen molar-refractivity contribution in [2.24, 2.45) is 0 Å². The highest BCUT2D eigenvalue weighted by Crippen LogP contribution is 2.14. The molecule has 0 atom stereocenters. The number of aryl methyl sites for hydroxylation is 2. The van der Waals surface area contributed by atoms with Gasteiger partial charge in [0.05, 0.1) is 12.2 Å². The van der Waals surface area contributed by atoms with Gasteiger partial charge < -0.3 is 15.2 Å². The predicted molar refractivity (Wildman–Crippen MR) is 82.3 cm³/mol. The van der Waals surface area contributed by atoms with Crippen LogP contribution in [0.2, 0.25) is 0 Å². The van der Waals surface area contributed by atoms with Crippen LogP contribution in [-0.2, 0) is 11.3 Å². The Morgan fingerprint density at radius 1 is 1.33 bits per heavy atom. The lowest BCUT2D eigenvalue weighted by atomic mass is 10.2. The Morgan fingerprint density at radius 3 is 2.57 bits per heavy atom. The molecule has 2 N–H and O–H groups in total. The number of nitrogens with zero attached hydrogens (tertiary/aromatic N) is 2. The zero-order chi connectivity index (χ0) is 15.4. The standard InChI is InChI=1S/C16H19N3O2/c1-11-15(12(2)21-18-11)10-19(3)16(20)9-6-13-4-7-14(17)8-5-13/h4-9H,10,17H2,1-3H3/b9-6+. The average Bonchev–Trinajstić information content (AvgIpc) is 2.78. The number of carbonyl (C=O) groups excluding carboxylic acids is 1. The second-order valence-electron chi connectivity index (χ2n) is 5.00. The summed E-state index contributed by atoms with van der Waals surface area (Å²) in [7, 11) is 1.75. The molecule has 0 aliphatic carbocycles. The van der Waals surface area contributed by atoms with Crippen LogP contribution in [0.3, 0.4) is 0 Å². The quantitative estimate of drug-likeness (QED) is 0.692. The second kappa shape index (κ2) is 6.26. The van der Waals surface area contributed by atoms with E-state index in [1.807, 2.05) is 26.0 Å². The van der Waals surface area contributed by atoms with Crippen molar-refractivity contribution in [2.75, 3.05) is 12.8 Å². The number of benzene rings is 1. The molecule has 1 heterocycles. The summed E-state index contributed by atoms with van der Waals surface area (Å²) in [4.78, 5) is 13.7. The minimum absolute atomic E-state index is 0.0770. The van der Waals surface area contributed by atoms with Gasteiger partial charge in [-0.05, 0) is 37.6 Å². The molecule has 1 aromatic carbocycles. The SMILES string of the molecule is Cc1noc(C)c1CN(C)C(=O)/C=C/c1ccc(N)cc1. The first-order valence-electron chi connectivity index (χ1n) is 6.68. The van der Waals surface area contributed by atoms with Gasteiger partial charge in [-0.25, -0.2) is 0 Å². The Balaban J connectivity index is 2.01. The highest BCUT2D eigenvalue weighted by atomic mass is 16.5. The maximum Gasteiger partial charge on any atom is 0.246 e. The van der Waals surface area contributed by atoms with E-state index in [1.54, 1.807) is 36.2 Å². The van der Waals surface area contributed by atoms with E-state index >= 15 is 0 Å². The fourth-order valence-corrected chi connectivity index (χ4v) is 1.94. The molecule has 0 aliphatic rings. The van der Waals surface area contributed by atoms with Crippen LogP contribution in [0.5, 0.6) is 0 Å². The largest absolute Gasteiger partial charge is 0.399 e. The number of amides is 1. The summed E-state index contributed by atoms with van der Waals surface area (Å²) in [5, 5.41) is 3.89. The van der Waals surface area contributed by atoms with Crippen LogP contribution in [-0.4, -0.2) is 23.0 Å². The maximum absolute atomic E-state index is 12.1.